The third-order valence-electron chi connectivity index (χ3n) is 4.28. The van der Waals surface area contributed by atoms with Crippen LogP contribution in [0.2, 0.25) is 5.02 Å². The Morgan fingerprint density at radius 3 is 2.17 bits per heavy atom. The summed E-state index contributed by atoms with van der Waals surface area (Å²) in [5.41, 5.74) is 3.05. The van der Waals surface area contributed by atoms with Gasteiger partial charge in [-0.15, -0.1) is 11.8 Å². The Bertz CT molecular complexity index is 1030. The number of aryl methyl sites for hydroxylation is 1. The van der Waals surface area contributed by atoms with Crippen LogP contribution in [-0.2, 0) is 4.79 Å². The number of nitrogens with one attached hydrogen (secondary N) is 3. The average molecular weight is 440 g/mol. The predicted molar refractivity (Wildman–Crippen MR) is 126 cm³/mol. The molecule has 7 heteroatoms. The second kappa shape index (κ2) is 10.2. The number of carbonyl (C=O) groups excluding carboxylic acids is 2. The van der Waals surface area contributed by atoms with Crippen LogP contribution in [0.3, 0.4) is 0 Å². The van der Waals surface area contributed by atoms with Crippen LogP contribution in [0.5, 0.6) is 0 Å². The number of para-hydroxylation sites is 1. The van der Waals surface area contributed by atoms with Gasteiger partial charge < -0.3 is 16.0 Å². The second-order valence-electron chi connectivity index (χ2n) is 6.68. The van der Waals surface area contributed by atoms with E-state index < -0.39 is 0 Å². The molecule has 0 aliphatic carbocycles. The van der Waals surface area contributed by atoms with E-state index in [2.05, 4.69) is 16.0 Å². The number of thioether (sulfide) groups is 1. The summed E-state index contributed by atoms with van der Waals surface area (Å²) in [6, 6.07) is 21.7. The number of anilines is 3. The first kappa shape index (κ1) is 21.7. The van der Waals surface area contributed by atoms with Gasteiger partial charge in [-0.25, -0.2) is 4.79 Å². The molecule has 0 aliphatic rings. The van der Waals surface area contributed by atoms with Gasteiger partial charge in [-0.2, -0.15) is 0 Å². The molecule has 0 saturated heterocycles. The molecular formula is C23H22ClN3O2S. The van der Waals surface area contributed by atoms with Gasteiger partial charge in [0.15, 0.2) is 0 Å². The van der Waals surface area contributed by atoms with Gasteiger partial charge in [-0.1, -0.05) is 35.9 Å². The number of amides is 3. The van der Waals surface area contributed by atoms with Gasteiger partial charge in [0.1, 0.15) is 0 Å². The first-order chi connectivity index (χ1) is 14.4. The zero-order valence-electron chi connectivity index (χ0n) is 16.6. The van der Waals surface area contributed by atoms with Crippen LogP contribution in [0.25, 0.3) is 0 Å². The zero-order chi connectivity index (χ0) is 21.5. The number of benzene rings is 3. The van der Waals surface area contributed by atoms with E-state index in [9.17, 15) is 9.59 Å². The van der Waals surface area contributed by atoms with Crippen LogP contribution in [0, 0.1) is 6.92 Å². The maximum Gasteiger partial charge on any atom is 0.323 e. The van der Waals surface area contributed by atoms with Crippen molar-refractivity contribution in [3.63, 3.8) is 0 Å². The number of carbonyl (C=O) groups is 2. The molecule has 30 heavy (non-hydrogen) atoms. The molecule has 0 spiro atoms. The maximum absolute atomic E-state index is 12.5. The highest BCUT2D eigenvalue weighted by atomic mass is 35.5. The minimum atomic E-state index is -0.314. The summed E-state index contributed by atoms with van der Waals surface area (Å²) < 4.78 is 0. The molecule has 3 amide bonds. The van der Waals surface area contributed by atoms with Gasteiger partial charge in [-0.05, 0) is 67.9 Å². The Labute approximate surface area is 185 Å². The van der Waals surface area contributed by atoms with E-state index in [1.807, 2.05) is 62.4 Å². The van der Waals surface area contributed by atoms with Gasteiger partial charge in [-0.3, -0.25) is 4.79 Å². The fraction of sp³-hybridized carbons (Fsp3) is 0.130. The lowest BCUT2D eigenvalue weighted by atomic mass is 10.2. The number of hydrogen-bond acceptors (Lipinski definition) is 3. The quantitative estimate of drug-likeness (QED) is 0.388. The van der Waals surface area contributed by atoms with Crippen molar-refractivity contribution >= 4 is 52.4 Å². The lowest BCUT2D eigenvalue weighted by Gasteiger charge is -2.14. The van der Waals surface area contributed by atoms with E-state index in [4.69, 9.17) is 11.6 Å². The SMILES string of the molecule is Cc1ccc(Cl)cc1NC(=O)C(C)Sc1ccc(NC(=O)Nc2ccccc2)cc1. The van der Waals surface area contributed by atoms with Gasteiger partial charge >= 0.3 is 6.03 Å². The normalized spacial score (nSPS) is 11.4. The van der Waals surface area contributed by atoms with Crippen LogP contribution in [-0.4, -0.2) is 17.2 Å². The Morgan fingerprint density at radius 1 is 0.867 bits per heavy atom. The van der Waals surface area contributed by atoms with Crippen molar-refractivity contribution < 1.29 is 9.59 Å². The summed E-state index contributed by atoms with van der Waals surface area (Å²) >= 11 is 7.45. The van der Waals surface area contributed by atoms with Gasteiger partial charge in [0.2, 0.25) is 5.91 Å². The fourth-order valence-corrected chi connectivity index (χ4v) is 3.69. The number of rotatable bonds is 6. The molecule has 0 heterocycles. The van der Waals surface area contributed by atoms with E-state index >= 15 is 0 Å². The Kier molecular flexibility index (Phi) is 7.38. The van der Waals surface area contributed by atoms with Crippen LogP contribution < -0.4 is 16.0 Å². The summed E-state index contributed by atoms with van der Waals surface area (Å²) in [4.78, 5) is 25.5. The molecular weight excluding hydrogens is 418 g/mol. The lowest BCUT2D eigenvalue weighted by Crippen LogP contribution is -2.22. The summed E-state index contributed by atoms with van der Waals surface area (Å²) in [5, 5.41) is 8.75. The number of urea groups is 1. The summed E-state index contributed by atoms with van der Waals surface area (Å²) in [6.45, 7) is 3.77. The molecule has 0 aliphatic heterocycles. The minimum absolute atomic E-state index is 0.102. The fourth-order valence-electron chi connectivity index (χ4n) is 2.65. The highest BCUT2D eigenvalue weighted by molar-refractivity contribution is 8.00. The van der Waals surface area contributed by atoms with Crippen LogP contribution in [0.4, 0.5) is 21.9 Å². The van der Waals surface area contributed by atoms with Crippen molar-refractivity contribution in [3.05, 3.63) is 83.4 Å². The van der Waals surface area contributed by atoms with Gasteiger partial charge in [0.25, 0.3) is 0 Å². The van der Waals surface area contributed by atoms with Crippen molar-refractivity contribution in [1.29, 1.82) is 0 Å². The maximum atomic E-state index is 12.5. The Balaban J connectivity index is 1.53. The third-order valence-corrected chi connectivity index (χ3v) is 5.63. The van der Waals surface area contributed by atoms with E-state index in [-0.39, 0.29) is 17.2 Å². The highest BCUT2D eigenvalue weighted by Crippen LogP contribution is 2.27. The zero-order valence-corrected chi connectivity index (χ0v) is 18.2. The van der Waals surface area contributed by atoms with Crippen LogP contribution >= 0.6 is 23.4 Å². The molecule has 0 aromatic heterocycles. The van der Waals surface area contributed by atoms with Crippen molar-refractivity contribution in [2.24, 2.45) is 0 Å². The van der Waals surface area contributed by atoms with Crippen LogP contribution in [0.1, 0.15) is 12.5 Å². The molecule has 154 valence electrons. The summed E-state index contributed by atoms with van der Waals surface area (Å²) in [6.07, 6.45) is 0. The molecule has 5 nitrogen and oxygen atoms in total. The van der Waals surface area contributed by atoms with Crippen molar-refractivity contribution in [1.82, 2.24) is 0 Å². The Morgan fingerprint density at radius 2 is 1.50 bits per heavy atom. The number of hydrogen-bond donors (Lipinski definition) is 3. The van der Waals surface area contributed by atoms with E-state index in [1.165, 1.54) is 11.8 Å². The van der Waals surface area contributed by atoms with Crippen molar-refractivity contribution in [2.75, 3.05) is 16.0 Å². The first-order valence-electron chi connectivity index (χ1n) is 9.37. The number of halogens is 1. The monoisotopic (exact) mass is 439 g/mol. The molecule has 1 unspecified atom stereocenters. The van der Waals surface area contributed by atoms with Gasteiger partial charge in [0.05, 0.1) is 5.25 Å². The molecule has 0 fully saturated rings. The second-order valence-corrected chi connectivity index (χ2v) is 8.53. The molecule has 3 rings (SSSR count). The summed E-state index contributed by atoms with van der Waals surface area (Å²) in [5.74, 6) is -0.102. The Hall–Kier alpha value is -2.96. The van der Waals surface area contributed by atoms with Crippen molar-refractivity contribution in [3.8, 4) is 0 Å². The smallest absolute Gasteiger partial charge is 0.323 e. The standard InChI is InChI=1S/C23H22ClN3O2S/c1-15-8-9-17(24)14-21(15)27-22(28)16(2)30-20-12-10-19(11-13-20)26-23(29)25-18-6-4-3-5-7-18/h3-14,16H,1-2H3,(H,27,28)(H2,25,26,29). The summed E-state index contributed by atoms with van der Waals surface area (Å²) in [7, 11) is 0. The average Bonchev–Trinajstić information content (AvgIpc) is 2.72. The predicted octanol–water partition coefficient (Wildman–Crippen LogP) is 6.41. The molecule has 3 aromatic carbocycles. The van der Waals surface area contributed by atoms with Gasteiger partial charge in [0, 0.05) is 27.0 Å². The molecule has 0 bridgehead atoms. The van der Waals surface area contributed by atoms with E-state index in [1.54, 1.807) is 24.3 Å². The van der Waals surface area contributed by atoms with Crippen molar-refractivity contribution in [2.45, 2.75) is 24.0 Å². The lowest BCUT2D eigenvalue weighted by molar-refractivity contribution is -0.115. The molecule has 0 saturated carbocycles. The van der Waals surface area contributed by atoms with E-state index in [0.717, 1.165) is 16.1 Å². The molecule has 3 N–H and O–H groups in total. The molecule has 1 atom stereocenters. The van der Waals surface area contributed by atoms with E-state index in [0.29, 0.717) is 16.4 Å². The first-order valence-corrected chi connectivity index (χ1v) is 10.6. The third kappa shape index (κ3) is 6.27. The minimum Gasteiger partial charge on any atom is -0.325 e. The van der Waals surface area contributed by atoms with Crippen LogP contribution in [0.15, 0.2) is 77.7 Å². The highest BCUT2D eigenvalue weighted by Gasteiger charge is 2.16. The largest absolute Gasteiger partial charge is 0.325 e. The topological polar surface area (TPSA) is 70.2 Å². The molecule has 3 aromatic rings. The molecule has 0 radical (unpaired) electrons.